The smallest absolute Gasteiger partial charge is 0.0831 e. The molecule has 0 fully saturated rings. The van der Waals surface area contributed by atoms with Gasteiger partial charge in [-0.15, -0.1) is 0 Å². The van der Waals surface area contributed by atoms with Crippen molar-refractivity contribution < 1.29 is 0 Å². The van der Waals surface area contributed by atoms with Crippen LogP contribution >= 0.6 is 0 Å². The summed E-state index contributed by atoms with van der Waals surface area (Å²) < 4.78 is 0. The first kappa shape index (κ1) is 10.3. The van der Waals surface area contributed by atoms with Gasteiger partial charge >= 0.3 is 0 Å². The fourth-order valence-corrected chi connectivity index (χ4v) is 3.83. The molecule has 0 radical (unpaired) electrons. The molecule has 0 atom stereocenters. The van der Waals surface area contributed by atoms with Gasteiger partial charge in [-0.05, 0) is 12.1 Å². The third-order valence-corrected chi connectivity index (χ3v) is 8.02. The first-order chi connectivity index (χ1) is 6.12. The number of nitrogen functional groups attached to an aromatic ring is 1. The van der Waals surface area contributed by atoms with Crippen molar-refractivity contribution >= 4 is 18.9 Å². The van der Waals surface area contributed by atoms with E-state index in [1.54, 1.807) is 0 Å². The van der Waals surface area contributed by atoms with Crippen LogP contribution in [0.2, 0.25) is 18.6 Å². The second kappa shape index (κ2) is 3.96. The zero-order valence-corrected chi connectivity index (χ0v) is 9.80. The van der Waals surface area contributed by atoms with Gasteiger partial charge in [0, 0.05) is 5.69 Å². The topological polar surface area (TPSA) is 26.0 Å². The summed E-state index contributed by atoms with van der Waals surface area (Å²) in [6.45, 7) is 7.04. The molecule has 2 N–H and O–H groups in total. The van der Waals surface area contributed by atoms with Crippen molar-refractivity contribution in [2.24, 2.45) is 0 Å². The van der Waals surface area contributed by atoms with E-state index in [0.29, 0.717) is 0 Å². The Morgan fingerprint density at radius 2 is 1.54 bits per heavy atom. The lowest BCUT2D eigenvalue weighted by Gasteiger charge is -2.24. The van der Waals surface area contributed by atoms with Crippen LogP contribution in [0.4, 0.5) is 5.69 Å². The predicted octanol–water partition coefficient (Wildman–Crippen LogP) is 2.59. The summed E-state index contributed by atoms with van der Waals surface area (Å²) in [6.07, 6.45) is 0. The molecule has 1 nitrogen and oxygen atoms in total. The summed E-state index contributed by atoms with van der Waals surface area (Å²) in [5.74, 6) is 0. The molecule has 1 aromatic rings. The van der Waals surface area contributed by atoms with Crippen molar-refractivity contribution in [3.63, 3.8) is 0 Å². The highest BCUT2D eigenvalue weighted by molar-refractivity contribution is 6.90. The molecule has 1 aromatic carbocycles. The number of hydrogen-bond acceptors (Lipinski definition) is 1. The molecule has 0 saturated carbocycles. The van der Waals surface area contributed by atoms with Crippen LogP contribution in [0.25, 0.3) is 0 Å². The van der Waals surface area contributed by atoms with E-state index < -0.39 is 8.07 Å². The third-order valence-electron chi connectivity index (χ3n) is 3.17. The highest BCUT2D eigenvalue weighted by Crippen LogP contribution is 2.15. The van der Waals surface area contributed by atoms with Gasteiger partial charge in [0.15, 0.2) is 0 Å². The number of anilines is 1. The van der Waals surface area contributed by atoms with Crippen LogP contribution in [-0.2, 0) is 0 Å². The highest BCUT2D eigenvalue weighted by atomic mass is 28.3. The Kier molecular flexibility index (Phi) is 3.15. The van der Waals surface area contributed by atoms with Crippen LogP contribution in [0.3, 0.4) is 0 Å². The maximum atomic E-state index is 5.67. The van der Waals surface area contributed by atoms with Gasteiger partial charge in [-0.25, -0.2) is 0 Å². The van der Waals surface area contributed by atoms with E-state index in [-0.39, 0.29) is 0 Å². The normalized spacial score (nSPS) is 11.6. The molecule has 0 aliphatic carbocycles. The quantitative estimate of drug-likeness (QED) is 0.579. The lowest BCUT2D eigenvalue weighted by Crippen LogP contribution is -2.42. The lowest BCUT2D eigenvalue weighted by molar-refractivity contribution is 1.27. The minimum Gasteiger partial charge on any atom is -0.399 e. The number of hydrogen-bond donors (Lipinski definition) is 1. The summed E-state index contributed by atoms with van der Waals surface area (Å²) in [5, 5.41) is 1.53. The van der Waals surface area contributed by atoms with Gasteiger partial charge in [-0.3, -0.25) is 0 Å². The van der Waals surface area contributed by atoms with Gasteiger partial charge in [0.1, 0.15) is 0 Å². The highest BCUT2D eigenvalue weighted by Gasteiger charge is 2.24. The van der Waals surface area contributed by atoms with E-state index in [9.17, 15) is 0 Å². The van der Waals surface area contributed by atoms with Gasteiger partial charge in [0.2, 0.25) is 0 Å². The summed E-state index contributed by atoms with van der Waals surface area (Å²) >= 11 is 0. The Bertz CT molecular complexity index is 262. The minimum atomic E-state index is -1.15. The van der Waals surface area contributed by atoms with Crippen molar-refractivity contribution in [3.05, 3.63) is 24.3 Å². The summed E-state index contributed by atoms with van der Waals surface area (Å²) in [7, 11) is -1.15. The van der Waals surface area contributed by atoms with E-state index in [0.717, 1.165) is 5.69 Å². The van der Waals surface area contributed by atoms with Crippen molar-refractivity contribution in [1.29, 1.82) is 0 Å². The molecule has 0 aromatic heterocycles. The van der Waals surface area contributed by atoms with Gasteiger partial charge in [0.05, 0.1) is 8.07 Å². The van der Waals surface area contributed by atoms with Crippen molar-refractivity contribution in [3.8, 4) is 0 Å². The zero-order valence-electron chi connectivity index (χ0n) is 8.80. The summed E-state index contributed by atoms with van der Waals surface area (Å²) in [5.41, 5.74) is 6.54. The van der Waals surface area contributed by atoms with E-state index in [4.69, 9.17) is 5.73 Å². The molecule has 0 saturated heterocycles. The molecule has 0 bridgehead atoms. The monoisotopic (exact) mass is 193 g/mol. The third kappa shape index (κ3) is 2.13. The van der Waals surface area contributed by atoms with Crippen LogP contribution < -0.4 is 10.9 Å². The first-order valence-corrected chi connectivity index (χ1v) is 7.90. The largest absolute Gasteiger partial charge is 0.399 e. The molecule has 0 spiro atoms. The van der Waals surface area contributed by atoms with Gasteiger partial charge in [-0.1, -0.05) is 49.8 Å². The minimum absolute atomic E-state index is 0.868. The Labute approximate surface area is 82.0 Å². The van der Waals surface area contributed by atoms with Gasteiger partial charge in [0.25, 0.3) is 0 Å². The first-order valence-electron chi connectivity index (χ1n) is 4.98. The van der Waals surface area contributed by atoms with Crippen LogP contribution in [0.1, 0.15) is 13.8 Å². The molecule has 0 aliphatic rings. The molecule has 0 unspecified atom stereocenters. The fraction of sp³-hybridized carbons (Fsp3) is 0.455. The molecule has 2 heteroatoms. The van der Waals surface area contributed by atoms with Crippen LogP contribution in [0.15, 0.2) is 24.3 Å². The Morgan fingerprint density at radius 3 is 1.92 bits per heavy atom. The molecular formula is C11H19NSi. The van der Waals surface area contributed by atoms with E-state index >= 15 is 0 Å². The summed E-state index contributed by atoms with van der Waals surface area (Å²) in [6, 6.07) is 11.1. The number of nitrogens with two attached hydrogens (primary N) is 1. The number of benzene rings is 1. The Hall–Kier alpha value is -0.763. The van der Waals surface area contributed by atoms with Gasteiger partial charge < -0.3 is 5.73 Å². The van der Waals surface area contributed by atoms with Crippen molar-refractivity contribution in [1.82, 2.24) is 0 Å². The van der Waals surface area contributed by atoms with Crippen molar-refractivity contribution in [2.75, 3.05) is 5.73 Å². The maximum absolute atomic E-state index is 5.67. The lowest BCUT2D eigenvalue weighted by atomic mass is 10.3. The number of rotatable bonds is 3. The van der Waals surface area contributed by atoms with Gasteiger partial charge in [-0.2, -0.15) is 0 Å². The SMILES string of the molecule is CC[Si](C)(CC)c1ccc(N)cc1. The molecule has 0 aliphatic heterocycles. The predicted molar refractivity (Wildman–Crippen MR) is 63.1 cm³/mol. The fourth-order valence-electron chi connectivity index (χ4n) is 1.54. The van der Waals surface area contributed by atoms with Crippen LogP contribution in [-0.4, -0.2) is 8.07 Å². The summed E-state index contributed by atoms with van der Waals surface area (Å²) in [4.78, 5) is 0. The Balaban J connectivity index is 2.99. The average Bonchev–Trinajstić information content (AvgIpc) is 2.18. The zero-order chi connectivity index (χ0) is 9.90. The maximum Gasteiger partial charge on any atom is 0.0831 e. The molecule has 0 amide bonds. The molecular weight excluding hydrogens is 174 g/mol. The van der Waals surface area contributed by atoms with Crippen LogP contribution in [0, 0.1) is 0 Å². The molecule has 1 rings (SSSR count). The van der Waals surface area contributed by atoms with Crippen molar-refractivity contribution in [2.45, 2.75) is 32.5 Å². The van der Waals surface area contributed by atoms with Crippen LogP contribution in [0.5, 0.6) is 0 Å². The van der Waals surface area contributed by atoms with E-state index in [2.05, 4.69) is 32.5 Å². The standard InChI is InChI=1S/C11H19NSi/c1-4-13(3,5-2)11-8-6-10(12)7-9-11/h6-9H,4-5,12H2,1-3H3. The molecule has 13 heavy (non-hydrogen) atoms. The van der Waals surface area contributed by atoms with E-state index in [1.165, 1.54) is 17.3 Å². The molecule has 0 heterocycles. The molecule has 72 valence electrons. The average molecular weight is 193 g/mol. The second-order valence-corrected chi connectivity index (χ2v) is 9.00. The second-order valence-electron chi connectivity index (χ2n) is 3.89. The Morgan fingerprint density at radius 1 is 1.08 bits per heavy atom. The van der Waals surface area contributed by atoms with E-state index in [1.807, 2.05) is 12.1 Å².